The Morgan fingerprint density at radius 3 is 2.38 bits per heavy atom. The molecule has 1 atom stereocenters. The smallest absolute Gasteiger partial charge is 0.322 e. The van der Waals surface area contributed by atoms with Gasteiger partial charge in [0.1, 0.15) is 4.75 Å². The van der Waals surface area contributed by atoms with Crippen LogP contribution in [0.4, 0.5) is 0 Å². The third-order valence-electron chi connectivity index (χ3n) is 6.12. The molecule has 0 aromatic heterocycles. The minimum atomic E-state index is -0.862. The average molecular weight is 350 g/mol. The number of hydrogen-bond donors (Lipinski definition) is 1. The highest BCUT2D eigenvalue weighted by Crippen LogP contribution is 2.57. The topological polar surface area (TPSA) is 67.8 Å². The number of amides is 1. The molecule has 5 rings (SSSR count). The molecule has 4 aliphatic carbocycles. The Bertz CT molecular complexity index is 568. The number of carbonyl (C=O) groups is 2. The zero-order chi connectivity index (χ0) is 16.9. The second-order valence-electron chi connectivity index (χ2n) is 8.34. The van der Waals surface area contributed by atoms with Gasteiger partial charge in [0.25, 0.3) is 0 Å². The van der Waals surface area contributed by atoms with Crippen LogP contribution in [0.25, 0.3) is 0 Å². The van der Waals surface area contributed by atoms with Gasteiger partial charge in [-0.3, -0.25) is 14.6 Å². The SMILES string of the molecule is CCOC(=O)C1(C)CC(=O)NC(=NC23CC4CC(CC(C4)C2)C3)S1. The molecule has 5 aliphatic rings. The Morgan fingerprint density at radius 2 is 1.83 bits per heavy atom. The summed E-state index contributed by atoms with van der Waals surface area (Å²) >= 11 is 1.38. The van der Waals surface area contributed by atoms with Gasteiger partial charge in [-0.05, 0) is 70.1 Å². The highest BCUT2D eigenvalue weighted by molar-refractivity contribution is 8.15. The molecule has 0 aromatic rings. The molecule has 5 fully saturated rings. The number of esters is 1. The van der Waals surface area contributed by atoms with Crippen LogP contribution in [0.5, 0.6) is 0 Å². The van der Waals surface area contributed by atoms with Crippen LogP contribution in [-0.4, -0.2) is 33.9 Å². The van der Waals surface area contributed by atoms with Gasteiger partial charge in [0.15, 0.2) is 5.17 Å². The molecular weight excluding hydrogens is 324 g/mol. The van der Waals surface area contributed by atoms with Crippen molar-refractivity contribution in [3.8, 4) is 0 Å². The number of thioether (sulfide) groups is 1. The molecule has 1 saturated heterocycles. The van der Waals surface area contributed by atoms with Crippen LogP contribution in [0, 0.1) is 17.8 Å². The summed E-state index contributed by atoms with van der Waals surface area (Å²) in [7, 11) is 0. The molecule has 0 spiro atoms. The standard InChI is InChI=1S/C18H26N2O3S/c1-3-23-15(22)17(2)10-14(21)19-16(24-17)20-18-7-11-4-12(8-18)6-13(5-11)9-18/h11-13H,3-10H2,1-2H3,(H,19,20,21). The van der Waals surface area contributed by atoms with Crippen LogP contribution < -0.4 is 5.32 Å². The monoisotopic (exact) mass is 350 g/mol. The van der Waals surface area contributed by atoms with Crippen LogP contribution in [0.3, 0.4) is 0 Å². The maximum Gasteiger partial charge on any atom is 0.322 e. The van der Waals surface area contributed by atoms with Crippen molar-refractivity contribution in [1.82, 2.24) is 5.32 Å². The van der Waals surface area contributed by atoms with Gasteiger partial charge in [-0.25, -0.2) is 0 Å². The lowest BCUT2D eigenvalue weighted by Gasteiger charge is -2.55. The number of nitrogens with zero attached hydrogens (tertiary/aromatic N) is 1. The van der Waals surface area contributed by atoms with Crippen LogP contribution in [-0.2, 0) is 14.3 Å². The Balaban J connectivity index is 1.58. The zero-order valence-corrected chi connectivity index (χ0v) is 15.3. The quantitative estimate of drug-likeness (QED) is 0.795. The summed E-state index contributed by atoms with van der Waals surface area (Å²) in [5.74, 6) is 1.97. The lowest BCUT2D eigenvalue weighted by Crippen LogP contribution is -2.52. The fourth-order valence-electron chi connectivity index (χ4n) is 5.61. The minimum absolute atomic E-state index is 0.00270. The van der Waals surface area contributed by atoms with E-state index in [1.165, 1.54) is 31.0 Å². The largest absolute Gasteiger partial charge is 0.465 e. The summed E-state index contributed by atoms with van der Waals surface area (Å²) in [6.07, 6.45) is 7.69. The van der Waals surface area contributed by atoms with Crippen molar-refractivity contribution in [3.63, 3.8) is 0 Å². The summed E-state index contributed by atoms with van der Waals surface area (Å²) in [6, 6.07) is 0. The first-order chi connectivity index (χ1) is 11.4. The molecule has 1 heterocycles. The van der Waals surface area contributed by atoms with Crippen LogP contribution in [0.15, 0.2) is 4.99 Å². The normalized spacial score (nSPS) is 45.3. The van der Waals surface area contributed by atoms with Crippen LogP contribution >= 0.6 is 11.8 Å². The van der Waals surface area contributed by atoms with Crippen molar-refractivity contribution in [3.05, 3.63) is 0 Å². The Kier molecular flexibility index (Phi) is 3.94. The van der Waals surface area contributed by atoms with Gasteiger partial charge in [0.2, 0.25) is 5.91 Å². The van der Waals surface area contributed by atoms with E-state index in [9.17, 15) is 9.59 Å². The molecule has 4 bridgehead atoms. The van der Waals surface area contributed by atoms with Gasteiger partial charge in [-0.1, -0.05) is 11.8 Å². The molecule has 5 nitrogen and oxygen atoms in total. The lowest BCUT2D eigenvalue weighted by atomic mass is 9.53. The molecule has 1 aliphatic heterocycles. The number of hydrogen-bond acceptors (Lipinski definition) is 5. The second kappa shape index (κ2) is 5.75. The van der Waals surface area contributed by atoms with Crippen LogP contribution in [0.1, 0.15) is 58.8 Å². The molecule has 1 unspecified atom stereocenters. The number of nitrogens with one attached hydrogen (secondary N) is 1. The van der Waals surface area contributed by atoms with Gasteiger partial charge in [-0.15, -0.1) is 0 Å². The summed E-state index contributed by atoms with van der Waals surface area (Å²) < 4.78 is 4.32. The van der Waals surface area contributed by atoms with E-state index in [0.29, 0.717) is 11.8 Å². The lowest BCUT2D eigenvalue weighted by molar-refractivity contribution is -0.147. The first-order valence-electron chi connectivity index (χ1n) is 9.16. The first-order valence-corrected chi connectivity index (χ1v) is 9.97. The molecular formula is C18H26N2O3S. The van der Waals surface area contributed by atoms with Crippen molar-refractivity contribution in [2.24, 2.45) is 22.7 Å². The minimum Gasteiger partial charge on any atom is -0.465 e. The van der Waals surface area contributed by atoms with E-state index in [1.807, 2.05) is 0 Å². The van der Waals surface area contributed by atoms with Crippen molar-refractivity contribution in [2.75, 3.05) is 6.61 Å². The van der Waals surface area contributed by atoms with E-state index in [2.05, 4.69) is 5.32 Å². The van der Waals surface area contributed by atoms with Gasteiger partial charge in [0.05, 0.1) is 18.6 Å². The highest BCUT2D eigenvalue weighted by Gasteiger charge is 2.52. The third-order valence-corrected chi connectivity index (χ3v) is 7.27. The Labute approximate surface area is 147 Å². The summed E-state index contributed by atoms with van der Waals surface area (Å²) in [6.45, 7) is 3.92. The van der Waals surface area contributed by atoms with Gasteiger partial charge in [-0.2, -0.15) is 0 Å². The maximum atomic E-state index is 12.3. The van der Waals surface area contributed by atoms with Gasteiger partial charge in [0, 0.05) is 0 Å². The number of amidine groups is 1. The number of aliphatic imine (C=N–C) groups is 1. The Hall–Kier alpha value is -1.04. The van der Waals surface area contributed by atoms with Crippen molar-refractivity contribution < 1.29 is 14.3 Å². The summed E-state index contributed by atoms with van der Waals surface area (Å²) in [4.78, 5) is 29.5. The van der Waals surface area contributed by atoms with E-state index < -0.39 is 4.75 Å². The molecule has 1 N–H and O–H groups in total. The fraction of sp³-hybridized carbons (Fsp3) is 0.833. The van der Waals surface area contributed by atoms with E-state index in [-0.39, 0.29) is 23.8 Å². The maximum absolute atomic E-state index is 12.3. The van der Waals surface area contributed by atoms with Gasteiger partial charge >= 0.3 is 5.97 Å². The number of carbonyl (C=O) groups excluding carboxylic acids is 2. The van der Waals surface area contributed by atoms with Crippen molar-refractivity contribution >= 4 is 28.8 Å². The average Bonchev–Trinajstić information content (AvgIpc) is 2.44. The first kappa shape index (κ1) is 16.4. The molecule has 4 saturated carbocycles. The second-order valence-corrected chi connectivity index (χ2v) is 9.83. The predicted octanol–water partition coefficient (Wildman–Crippen LogP) is 2.89. The number of ether oxygens (including phenoxy) is 1. The Morgan fingerprint density at radius 1 is 1.25 bits per heavy atom. The zero-order valence-electron chi connectivity index (χ0n) is 14.5. The molecule has 132 valence electrons. The predicted molar refractivity (Wildman–Crippen MR) is 93.7 cm³/mol. The molecule has 1 amide bonds. The van der Waals surface area contributed by atoms with E-state index in [4.69, 9.17) is 9.73 Å². The summed E-state index contributed by atoms with van der Waals surface area (Å²) in [5, 5.41) is 3.54. The molecule has 6 heteroatoms. The van der Waals surface area contributed by atoms with E-state index in [0.717, 1.165) is 37.0 Å². The summed E-state index contributed by atoms with van der Waals surface area (Å²) in [5.41, 5.74) is -0.00270. The van der Waals surface area contributed by atoms with Crippen LogP contribution in [0.2, 0.25) is 0 Å². The van der Waals surface area contributed by atoms with E-state index >= 15 is 0 Å². The van der Waals surface area contributed by atoms with Crippen molar-refractivity contribution in [1.29, 1.82) is 0 Å². The van der Waals surface area contributed by atoms with Crippen molar-refractivity contribution in [2.45, 2.75) is 69.1 Å². The molecule has 24 heavy (non-hydrogen) atoms. The third kappa shape index (κ3) is 2.87. The molecule has 0 radical (unpaired) electrons. The number of rotatable bonds is 3. The fourth-order valence-corrected chi connectivity index (χ4v) is 6.79. The molecule has 0 aromatic carbocycles. The van der Waals surface area contributed by atoms with E-state index in [1.54, 1.807) is 13.8 Å². The highest BCUT2D eigenvalue weighted by atomic mass is 32.2. The van der Waals surface area contributed by atoms with Gasteiger partial charge < -0.3 is 10.1 Å².